The Labute approximate surface area is 232 Å². The van der Waals surface area contributed by atoms with Gasteiger partial charge in [-0.2, -0.15) is 13.2 Å². The van der Waals surface area contributed by atoms with E-state index in [-0.39, 0.29) is 41.2 Å². The topological polar surface area (TPSA) is 75.2 Å². The summed E-state index contributed by atoms with van der Waals surface area (Å²) in [5.41, 5.74) is -0.629. The lowest BCUT2D eigenvalue weighted by molar-refractivity contribution is -0.137. The maximum Gasteiger partial charge on any atom is 0.416 e. The Morgan fingerprint density at radius 2 is 1.97 bits per heavy atom. The van der Waals surface area contributed by atoms with E-state index < -0.39 is 70.0 Å². The number of benzene rings is 2. The second kappa shape index (κ2) is 11.2. The fourth-order valence-corrected chi connectivity index (χ4v) is 6.28. The molecule has 2 aromatic carbocycles. The third-order valence-corrected chi connectivity index (χ3v) is 8.48. The number of nitrogens with one attached hydrogen (secondary N) is 1. The zero-order valence-electron chi connectivity index (χ0n) is 25.7. The molecule has 4 rings (SSSR count). The summed E-state index contributed by atoms with van der Waals surface area (Å²) < 4.78 is 129. The number of hydrogen-bond acceptors (Lipinski definition) is 6. The first-order valence-electron chi connectivity index (χ1n) is 14.5. The van der Waals surface area contributed by atoms with Crippen molar-refractivity contribution < 1.29 is 34.2 Å². The maximum atomic E-state index is 15.2. The van der Waals surface area contributed by atoms with Gasteiger partial charge in [0.1, 0.15) is 17.0 Å². The van der Waals surface area contributed by atoms with Crippen LogP contribution in [-0.4, -0.2) is 49.3 Å². The molecule has 204 valence electrons. The first-order chi connectivity index (χ1) is 20.3. The van der Waals surface area contributed by atoms with Crippen molar-refractivity contribution in [2.45, 2.75) is 54.1 Å². The van der Waals surface area contributed by atoms with E-state index in [0.717, 1.165) is 30.6 Å². The molecule has 0 amide bonds. The van der Waals surface area contributed by atoms with Crippen LogP contribution < -0.4 is 5.32 Å². The van der Waals surface area contributed by atoms with Gasteiger partial charge in [0.15, 0.2) is 9.84 Å². The molecular weight excluding hydrogens is 544 g/mol. The van der Waals surface area contributed by atoms with E-state index in [1.54, 1.807) is 0 Å². The van der Waals surface area contributed by atoms with Gasteiger partial charge in [-0.3, -0.25) is 0 Å². The van der Waals surface area contributed by atoms with E-state index in [0.29, 0.717) is 4.90 Å². The van der Waals surface area contributed by atoms with Crippen LogP contribution >= 0.6 is 11.6 Å². The standard InChI is InChI=1S/C26H27ClF4N4O2S/c1-35(2)24-11-17(16-4-3-5-18(10-16)26(29,30)31)6-7-22(24)34-23-13-21(28)25(12-20(23)27)38(36,37)14-19-8-9-32-15-33-19/h3-5,8-10,12-13,15,17,22,24,34H,6-7,11,14H2,1-2H3/t17-,22-,24-/m0/s1/i1D3,2D3. The second-order valence-corrected chi connectivity index (χ2v) is 11.4. The Bertz CT molecular complexity index is 1580. The molecule has 38 heavy (non-hydrogen) atoms. The molecule has 1 heterocycles. The highest BCUT2D eigenvalue weighted by Crippen LogP contribution is 2.39. The fourth-order valence-electron chi connectivity index (χ4n) is 4.63. The molecule has 0 radical (unpaired) electrons. The minimum atomic E-state index is -4.62. The molecule has 1 N–H and O–H groups in total. The van der Waals surface area contributed by atoms with Crippen molar-refractivity contribution >= 4 is 27.1 Å². The highest BCUT2D eigenvalue weighted by molar-refractivity contribution is 7.90. The molecule has 1 aliphatic carbocycles. The number of aromatic nitrogens is 2. The number of hydrogen-bond donors (Lipinski definition) is 1. The number of rotatable bonds is 7. The summed E-state index contributed by atoms with van der Waals surface area (Å²) in [7, 11) is -4.25. The van der Waals surface area contributed by atoms with Crippen LogP contribution in [0.4, 0.5) is 23.2 Å². The van der Waals surface area contributed by atoms with Gasteiger partial charge in [0.2, 0.25) is 0 Å². The fraction of sp³-hybridized carbons (Fsp3) is 0.385. The van der Waals surface area contributed by atoms with Gasteiger partial charge in [-0.15, -0.1) is 0 Å². The van der Waals surface area contributed by atoms with Crippen LogP contribution in [0.25, 0.3) is 0 Å². The van der Waals surface area contributed by atoms with Crippen LogP contribution in [0.1, 0.15) is 50.2 Å². The quantitative estimate of drug-likeness (QED) is 0.351. The molecule has 1 saturated carbocycles. The van der Waals surface area contributed by atoms with E-state index in [9.17, 15) is 21.6 Å². The van der Waals surface area contributed by atoms with Crippen molar-refractivity contribution in [1.82, 2.24) is 14.9 Å². The molecule has 0 bridgehead atoms. The van der Waals surface area contributed by atoms with Crippen molar-refractivity contribution in [3.63, 3.8) is 0 Å². The van der Waals surface area contributed by atoms with Gasteiger partial charge < -0.3 is 10.2 Å². The molecule has 0 saturated heterocycles. The van der Waals surface area contributed by atoms with Crippen LogP contribution in [0.3, 0.4) is 0 Å². The van der Waals surface area contributed by atoms with Crippen molar-refractivity contribution in [1.29, 1.82) is 0 Å². The molecule has 12 heteroatoms. The van der Waals surface area contributed by atoms with Crippen LogP contribution in [0.2, 0.25) is 5.02 Å². The minimum Gasteiger partial charge on any atom is -0.379 e. The Balaban J connectivity index is 1.68. The van der Waals surface area contributed by atoms with Gasteiger partial charge in [-0.1, -0.05) is 29.8 Å². The minimum absolute atomic E-state index is 0.0694. The molecular formula is C26H27ClF4N4O2S. The number of sulfone groups is 1. The maximum absolute atomic E-state index is 15.2. The van der Waals surface area contributed by atoms with Crippen LogP contribution in [0.5, 0.6) is 0 Å². The average molecular weight is 577 g/mol. The lowest BCUT2D eigenvalue weighted by Crippen LogP contribution is -2.47. The van der Waals surface area contributed by atoms with Crippen LogP contribution in [0.15, 0.2) is 59.9 Å². The smallest absolute Gasteiger partial charge is 0.379 e. The zero-order chi connectivity index (χ0) is 32.7. The normalized spacial score (nSPS) is 23.5. The number of alkyl halides is 3. The van der Waals surface area contributed by atoms with E-state index >= 15 is 4.39 Å². The molecule has 3 atom stereocenters. The SMILES string of the molecule is [2H]C([2H])([2H])N([C@H]1C[C@@H](c2cccc(C(F)(F)F)c2)CC[C@@H]1Nc1cc(F)c(S(=O)(=O)Cc2ccncn2)cc1Cl)C([2H])([2H])[2H]. The summed E-state index contributed by atoms with van der Waals surface area (Å²) in [6.45, 7) is -6.28. The predicted molar refractivity (Wildman–Crippen MR) is 137 cm³/mol. The Kier molecular flexibility index (Phi) is 6.20. The molecule has 0 aliphatic heterocycles. The van der Waals surface area contributed by atoms with Gasteiger partial charge in [0, 0.05) is 26.5 Å². The van der Waals surface area contributed by atoms with Crippen molar-refractivity contribution in [2.24, 2.45) is 0 Å². The largest absolute Gasteiger partial charge is 0.416 e. The van der Waals surface area contributed by atoms with Gasteiger partial charge in [-0.25, -0.2) is 22.8 Å². The average Bonchev–Trinajstić information content (AvgIpc) is 2.89. The van der Waals surface area contributed by atoms with E-state index in [1.807, 2.05) is 0 Å². The van der Waals surface area contributed by atoms with Gasteiger partial charge in [0.25, 0.3) is 0 Å². The molecule has 1 aliphatic rings. The second-order valence-electron chi connectivity index (χ2n) is 9.04. The number of nitrogens with zero attached hydrogens (tertiary/aromatic N) is 3. The first kappa shape index (κ1) is 21.1. The van der Waals surface area contributed by atoms with E-state index in [1.165, 1.54) is 24.4 Å². The highest BCUT2D eigenvalue weighted by atomic mass is 35.5. The highest BCUT2D eigenvalue weighted by Gasteiger charge is 2.35. The van der Waals surface area contributed by atoms with Gasteiger partial charge >= 0.3 is 6.18 Å². The summed E-state index contributed by atoms with van der Waals surface area (Å²) in [6, 6.07) is 5.34. The Hall–Kier alpha value is -2.76. The monoisotopic (exact) mass is 576 g/mol. The van der Waals surface area contributed by atoms with Crippen LogP contribution in [-0.2, 0) is 21.8 Å². The van der Waals surface area contributed by atoms with Gasteiger partial charge in [0.05, 0.1) is 27.7 Å². The molecule has 1 aromatic heterocycles. The lowest BCUT2D eigenvalue weighted by Gasteiger charge is -2.41. The van der Waals surface area contributed by atoms with Crippen molar-refractivity contribution in [2.75, 3.05) is 19.3 Å². The predicted octanol–water partition coefficient (Wildman–Crippen LogP) is 5.94. The summed E-state index contributed by atoms with van der Waals surface area (Å²) in [5.74, 6) is -2.43. The third-order valence-electron chi connectivity index (χ3n) is 6.51. The molecule has 1 fully saturated rings. The Morgan fingerprint density at radius 3 is 2.66 bits per heavy atom. The first-order valence-corrected chi connectivity index (χ1v) is 13.5. The summed E-state index contributed by atoms with van der Waals surface area (Å²) in [5, 5.41) is 2.66. The van der Waals surface area contributed by atoms with E-state index in [2.05, 4.69) is 15.3 Å². The van der Waals surface area contributed by atoms with Crippen LogP contribution in [0, 0.1) is 5.82 Å². The number of likely N-dealkylation sites (N-methyl/N-ethyl adjacent to an activating group) is 1. The molecule has 0 unspecified atom stereocenters. The summed E-state index contributed by atoms with van der Waals surface area (Å²) in [6.07, 6.45) is -2.01. The third kappa shape index (κ3) is 6.44. The van der Waals surface area contributed by atoms with E-state index in [4.69, 9.17) is 19.8 Å². The summed E-state index contributed by atoms with van der Waals surface area (Å²) in [4.78, 5) is 7.18. The molecule has 3 aromatic rings. The number of anilines is 1. The Morgan fingerprint density at radius 1 is 1.18 bits per heavy atom. The lowest BCUT2D eigenvalue weighted by atomic mass is 9.78. The summed E-state index contributed by atoms with van der Waals surface area (Å²) >= 11 is 6.36. The molecule has 0 spiro atoms. The van der Waals surface area contributed by atoms with Gasteiger partial charge in [-0.05, 0) is 69.0 Å². The van der Waals surface area contributed by atoms with Crippen molar-refractivity contribution in [3.8, 4) is 0 Å². The van der Waals surface area contributed by atoms with Crippen molar-refractivity contribution in [3.05, 3.63) is 82.6 Å². The molecule has 6 nitrogen and oxygen atoms in total. The zero-order valence-corrected chi connectivity index (χ0v) is 21.3. The number of halogens is 5.